The van der Waals surface area contributed by atoms with Crippen LogP contribution in [-0.4, -0.2) is 71.8 Å². The van der Waals surface area contributed by atoms with Crippen molar-refractivity contribution in [2.24, 2.45) is 10.9 Å². The second-order valence-electron chi connectivity index (χ2n) is 5.97. The van der Waals surface area contributed by atoms with E-state index in [2.05, 4.69) is 15.0 Å². The summed E-state index contributed by atoms with van der Waals surface area (Å²) in [6.45, 7) is 9.87. The molecule has 6 nitrogen and oxygen atoms in total. The second-order valence-corrected chi connectivity index (χ2v) is 5.97. The Kier molecular flexibility index (Phi) is 4.65. The summed E-state index contributed by atoms with van der Waals surface area (Å²) in [6.07, 6.45) is 2.81. The van der Waals surface area contributed by atoms with Gasteiger partial charge in [-0.3, -0.25) is 9.80 Å². The van der Waals surface area contributed by atoms with Gasteiger partial charge >= 0.3 is 0 Å². The molecule has 0 aromatic heterocycles. The smallest absolute Gasteiger partial charge is 0.159 e. The third kappa shape index (κ3) is 3.38. The van der Waals surface area contributed by atoms with Crippen molar-refractivity contribution in [3.8, 4) is 0 Å². The molecule has 1 unspecified atom stereocenters. The predicted octanol–water partition coefficient (Wildman–Crippen LogP) is 0.308. The molecule has 1 atom stereocenters. The van der Waals surface area contributed by atoms with Gasteiger partial charge < -0.3 is 15.7 Å². The number of oxime groups is 1. The first-order valence-corrected chi connectivity index (χ1v) is 7.11. The number of amidine groups is 1. The normalized spacial score (nSPS) is 27.9. The van der Waals surface area contributed by atoms with Crippen LogP contribution in [0, 0.1) is 0 Å². The Morgan fingerprint density at radius 2 is 2.05 bits per heavy atom. The molecule has 0 spiro atoms. The van der Waals surface area contributed by atoms with Gasteiger partial charge in [-0.2, -0.15) is 0 Å². The van der Waals surface area contributed by atoms with E-state index in [1.165, 1.54) is 12.8 Å². The van der Waals surface area contributed by atoms with Crippen LogP contribution in [0.2, 0.25) is 0 Å². The molecule has 0 aromatic carbocycles. The van der Waals surface area contributed by atoms with Crippen LogP contribution < -0.4 is 5.73 Å². The molecule has 2 rings (SSSR count). The van der Waals surface area contributed by atoms with Gasteiger partial charge in [0.1, 0.15) is 0 Å². The minimum Gasteiger partial charge on any atom is -0.409 e. The van der Waals surface area contributed by atoms with Crippen molar-refractivity contribution in [2.45, 2.75) is 38.3 Å². The Morgan fingerprint density at radius 3 is 2.58 bits per heavy atom. The van der Waals surface area contributed by atoms with Crippen molar-refractivity contribution < 1.29 is 9.94 Å². The maximum absolute atomic E-state index is 8.85. The van der Waals surface area contributed by atoms with E-state index in [-0.39, 0.29) is 11.4 Å². The van der Waals surface area contributed by atoms with Gasteiger partial charge in [0.2, 0.25) is 0 Å². The van der Waals surface area contributed by atoms with Crippen molar-refractivity contribution in [2.75, 3.05) is 39.3 Å². The molecular formula is C13H26N4O2. The first-order valence-electron chi connectivity index (χ1n) is 7.11. The van der Waals surface area contributed by atoms with Gasteiger partial charge in [0.15, 0.2) is 5.84 Å². The average Bonchev–Trinajstić information content (AvgIpc) is 2.91. The lowest BCUT2D eigenvalue weighted by molar-refractivity contribution is 0.0355. The Bertz CT molecular complexity index is 319. The molecule has 3 N–H and O–H groups in total. The number of piperazine rings is 1. The summed E-state index contributed by atoms with van der Waals surface area (Å²) in [7, 11) is 0. The molecule has 2 fully saturated rings. The van der Waals surface area contributed by atoms with Gasteiger partial charge in [0, 0.05) is 39.3 Å². The zero-order chi connectivity index (χ0) is 13.9. The molecular weight excluding hydrogens is 244 g/mol. The highest BCUT2D eigenvalue weighted by Crippen LogP contribution is 2.19. The van der Waals surface area contributed by atoms with Crippen molar-refractivity contribution in [1.82, 2.24) is 9.80 Å². The van der Waals surface area contributed by atoms with Crippen molar-refractivity contribution >= 4 is 5.84 Å². The highest BCUT2D eigenvalue weighted by atomic mass is 16.5. The maximum Gasteiger partial charge on any atom is 0.159 e. The summed E-state index contributed by atoms with van der Waals surface area (Å²) >= 11 is 0. The largest absolute Gasteiger partial charge is 0.409 e. The van der Waals surface area contributed by atoms with Gasteiger partial charge in [-0.1, -0.05) is 5.16 Å². The molecule has 2 heterocycles. The lowest BCUT2D eigenvalue weighted by Crippen LogP contribution is -2.60. The van der Waals surface area contributed by atoms with Crippen LogP contribution in [-0.2, 0) is 4.74 Å². The number of ether oxygens (including phenoxy) is 1. The van der Waals surface area contributed by atoms with Gasteiger partial charge in [-0.05, 0) is 26.7 Å². The lowest BCUT2D eigenvalue weighted by atomic mass is 10.00. The van der Waals surface area contributed by atoms with Crippen molar-refractivity contribution in [3.63, 3.8) is 0 Å². The molecule has 0 saturated carbocycles. The zero-order valence-corrected chi connectivity index (χ0v) is 12.0. The summed E-state index contributed by atoms with van der Waals surface area (Å²) in [4.78, 5) is 4.73. The van der Waals surface area contributed by atoms with E-state index in [4.69, 9.17) is 15.7 Å². The minimum absolute atomic E-state index is 0.278. The number of rotatable bonds is 4. The van der Waals surface area contributed by atoms with Crippen molar-refractivity contribution in [3.05, 3.63) is 0 Å². The van der Waals surface area contributed by atoms with Crippen LogP contribution in [0.3, 0.4) is 0 Å². The molecule has 0 amide bonds. The van der Waals surface area contributed by atoms with Crippen LogP contribution in [0.15, 0.2) is 5.16 Å². The zero-order valence-electron chi connectivity index (χ0n) is 12.0. The van der Waals surface area contributed by atoms with Crippen LogP contribution in [0.4, 0.5) is 0 Å². The van der Waals surface area contributed by atoms with E-state index >= 15 is 0 Å². The standard InChI is InChI=1S/C13H26N4O2/c1-13(2,12(14)15-18)17-7-5-16(6-8-17)10-11-4-3-9-19-11/h11,18H,3-10H2,1-2H3,(H2,14,15). The fraction of sp³-hybridized carbons (Fsp3) is 0.923. The Labute approximate surface area is 115 Å². The number of hydrogen-bond donors (Lipinski definition) is 2. The van der Waals surface area contributed by atoms with E-state index in [9.17, 15) is 0 Å². The SMILES string of the molecule is CC(C)(C(N)=NO)N1CCN(CC2CCCO2)CC1. The van der Waals surface area contributed by atoms with Crippen LogP contribution >= 0.6 is 0 Å². The molecule has 110 valence electrons. The van der Waals surface area contributed by atoms with Gasteiger partial charge in [0.05, 0.1) is 11.6 Å². The van der Waals surface area contributed by atoms with E-state index in [1.54, 1.807) is 0 Å². The first kappa shape index (κ1) is 14.6. The fourth-order valence-electron chi connectivity index (χ4n) is 2.85. The molecule has 0 bridgehead atoms. The average molecular weight is 270 g/mol. The van der Waals surface area contributed by atoms with E-state index in [0.29, 0.717) is 6.10 Å². The second kappa shape index (κ2) is 6.07. The number of hydrogen-bond acceptors (Lipinski definition) is 5. The molecule has 0 aromatic rings. The van der Waals surface area contributed by atoms with E-state index in [0.717, 1.165) is 39.3 Å². The lowest BCUT2D eigenvalue weighted by Gasteiger charge is -2.43. The first-order chi connectivity index (χ1) is 9.04. The predicted molar refractivity (Wildman–Crippen MR) is 74.5 cm³/mol. The van der Waals surface area contributed by atoms with E-state index < -0.39 is 0 Å². The molecule has 2 aliphatic heterocycles. The van der Waals surface area contributed by atoms with Gasteiger partial charge in [0.25, 0.3) is 0 Å². The molecule has 19 heavy (non-hydrogen) atoms. The van der Waals surface area contributed by atoms with Crippen LogP contribution in [0.1, 0.15) is 26.7 Å². The summed E-state index contributed by atoms with van der Waals surface area (Å²) in [5, 5.41) is 12.0. The van der Waals surface area contributed by atoms with Gasteiger partial charge in [-0.15, -0.1) is 0 Å². The monoisotopic (exact) mass is 270 g/mol. The quantitative estimate of drug-likeness (QED) is 0.333. The van der Waals surface area contributed by atoms with Crippen molar-refractivity contribution in [1.29, 1.82) is 0 Å². The molecule has 2 aliphatic rings. The molecule has 6 heteroatoms. The highest BCUT2D eigenvalue weighted by molar-refractivity contribution is 5.88. The molecule has 0 radical (unpaired) electrons. The summed E-state index contributed by atoms with van der Waals surface area (Å²) in [5.41, 5.74) is 5.39. The summed E-state index contributed by atoms with van der Waals surface area (Å²) in [5.74, 6) is 0.278. The Morgan fingerprint density at radius 1 is 1.37 bits per heavy atom. The minimum atomic E-state index is -0.384. The molecule has 0 aliphatic carbocycles. The number of nitrogens with two attached hydrogens (primary N) is 1. The maximum atomic E-state index is 8.85. The molecule has 2 saturated heterocycles. The summed E-state index contributed by atoms with van der Waals surface area (Å²) in [6, 6.07) is 0. The van der Waals surface area contributed by atoms with Gasteiger partial charge in [-0.25, -0.2) is 0 Å². The third-order valence-electron chi connectivity index (χ3n) is 4.38. The fourth-order valence-corrected chi connectivity index (χ4v) is 2.85. The van der Waals surface area contributed by atoms with Crippen LogP contribution in [0.25, 0.3) is 0 Å². The van der Waals surface area contributed by atoms with Crippen LogP contribution in [0.5, 0.6) is 0 Å². The topological polar surface area (TPSA) is 74.3 Å². The summed E-state index contributed by atoms with van der Waals surface area (Å²) < 4.78 is 5.68. The highest BCUT2D eigenvalue weighted by Gasteiger charge is 2.34. The Balaban J connectivity index is 1.81. The Hall–Kier alpha value is -0.850. The third-order valence-corrected chi connectivity index (χ3v) is 4.38. The number of nitrogens with zero attached hydrogens (tertiary/aromatic N) is 3. The van der Waals surface area contributed by atoms with E-state index in [1.807, 2.05) is 13.8 Å².